The van der Waals surface area contributed by atoms with Crippen LogP contribution >= 0.6 is 0 Å². The van der Waals surface area contributed by atoms with Crippen LogP contribution in [-0.4, -0.2) is 6.61 Å². The van der Waals surface area contributed by atoms with Crippen molar-refractivity contribution in [3.8, 4) is 5.75 Å². The lowest BCUT2D eigenvalue weighted by atomic mass is 10.0. The molecule has 0 N–H and O–H groups in total. The Bertz CT molecular complexity index is 752. The Balaban J connectivity index is 1.79. The second-order valence-electron chi connectivity index (χ2n) is 6.52. The smallest absolute Gasteiger partial charge is 0.191 e. The molecule has 3 rings (SSSR count). The van der Waals surface area contributed by atoms with E-state index in [-0.39, 0.29) is 12.4 Å². The molecule has 0 unspecified atom stereocenters. The number of hydrogen-bond acceptors (Lipinski definition) is 1. The van der Waals surface area contributed by atoms with Crippen LogP contribution in [0.5, 0.6) is 5.75 Å². The largest absolute Gasteiger partial charge is 0.483 e. The molecule has 1 aliphatic carbocycles. The number of halogens is 2. The van der Waals surface area contributed by atoms with Crippen LogP contribution in [-0.2, 0) is 12.8 Å². The van der Waals surface area contributed by atoms with Gasteiger partial charge in [0.25, 0.3) is 0 Å². The standard InChI is InChI=1S/C22H24F2O/c1-3-15-8-10-17(11-9-15)19-7-5-6-18(19)14-25-22-20(23)12-16(4-2)13-21(22)24/h8-13H,3-7,14H2,1-2H3. The fraction of sp³-hybridized carbons (Fsp3) is 0.364. The Morgan fingerprint density at radius 2 is 1.52 bits per heavy atom. The Morgan fingerprint density at radius 1 is 0.880 bits per heavy atom. The summed E-state index contributed by atoms with van der Waals surface area (Å²) in [7, 11) is 0. The van der Waals surface area contributed by atoms with E-state index in [1.165, 1.54) is 28.8 Å². The first-order valence-corrected chi connectivity index (χ1v) is 9.03. The zero-order chi connectivity index (χ0) is 17.8. The summed E-state index contributed by atoms with van der Waals surface area (Å²) in [6.07, 6.45) is 4.58. The van der Waals surface area contributed by atoms with E-state index in [0.717, 1.165) is 31.3 Å². The number of benzene rings is 2. The first-order valence-electron chi connectivity index (χ1n) is 9.03. The van der Waals surface area contributed by atoms with Crippen LogP contribution < -0.4 is 4.74 Å². The number of ether oxygens (including phenoxy) is 1. The van der Waals surface area contributed by atoms with Crippen molar-refractivity contribution in [2.45, 2.75) is 46.0 Å². The van der Waals surface area contributed by atoms with Crippen molar-refractivity contribution in [2.24, 2.45) is 0 Å². The Hall–Kier alpha value is -2.16. The maximum Gasteiger partial charge on any atom is 0.191 e. The fourth-order valence-corrected chi connectivity index (χ4v) is 3.37. The molecular formula is C22H24F2O. The topological polar surface area (TPSA) is 9.23 Å². The molecular weight excluding hydrogens is 318 g/mol. The first-order chi connectivity index (χ1) is 12.1. The van der Waals surface area contributed by atoms with Crippen LogP contribution in [0.4, 0.5) is 8.78 Å². The maximum atomic E-state index is 14.1. The minimum atomic E-state index is -0.621. The third-order valence-corrected chi connectivity index (χ3v) is 4.90. The average molecular weight is 342 g/mol. The average Bonchev–Trinajstić information content (AvgIpc) is 3.09. The highest BCUT2D eigenvalue weighted by Crippen LogP contribution is 2.35. The monoisotopic (exact) mass is 342 g/mol. The molecule has 132 valence electrons. The predicted octanol–water partition coefficient (Wildman–Crippen LogP) is 6.11. The lowest BCUT2D eigenvalue weighted by molar-refractivity contribution is 0.310. The number of rotatable bonds is 6. The van der Waals surface area contributed by atoms with Gasteiger partial charge in [-0.05, 0) is 72.1 Å². The molecule has 0 spiro atoms. The molecule has 3 heteroatoms. The van der Waals surface area contributed by atoms with E-state index in [2.05, 4.69) is 31.2 Å². The molecule has 0 aliphatic heterocycles. The third kappa shape index (κ3) is 3.92. The minimum absolute atomic E-state index is 0.240. The third-order valence-electron chi connectivity index (χ3n) is 4.90. The summed E-state index contributed by atoms with van der Waals surface area (Å²) in [5, 5.41) is 0. The van der Waals surface area contributed by atoms with Crippen LogP contribution in [0, 0.1) is 11.6 Å². The number of aryl methyl sites for hydroxylation is 2. The highest BCUT2D eigenvalue weighted by atomic mass is 19.1. The van der Waals surface area contributed by atoms with Gasteiger partial charge < -0.3 is 4.74 Å². The van der Waals surface area contributed by atoms with E-state index >= 15 is 0 Å². The van der Waals surface area contributed by atoms with Crippen molar-refractivity contribution >= 4 is 5.57 Å². The van der Waals surface area contributed by atoms with Gasteiger partial charge in [-0.25, -0.2) is 8.78 Å². The highest BCUT2D eigenvalue weighted by molar-refractivity contribution is 5.71. The minimum Gasteiger partial charge on any atom is -0.483 e. The van der Waals surface area contributed by atoms with E-state index in [9.17, 15) is 8.78 Å². The number of allylic oxidation sites excluding steroid dienone is 1. The quantitative estimate of drug-likeness (QED) is 0.616. The van der Waals surface area contributed by atoms with Gasteiger partial charge in [0.1, 0.15) is 6.61 Å². The lowest BCUT2D eigenvalue weighted by Gasteiger charge is -2.12. The molecule has 0 bridgehead atoms. The fourth-order valence-electron chi connectivity index (χ4n) is 3.37. The summed E-state index contributed by atoms with van der Waals surface area (Å²) in [5.41, 5.74) is 5.53. The Morgan fingerprint density at radius 3 is 2.12 bits per heavy atom. The first kappa shape index (κ1) is 17.7. The van der Waals surface area contributed by atoms with Gasteiger partial charge in [-0.1, -0.05) is 38.1 Å². The molecule has 0 heterocycles. The molecule has 0 aromatic heterocycles. The van der Waals surface area contributed by atoms with Gasteiger partial charge in [0.15, 0.2) is 17.4 Å². The van der Waals surface area contributed by atoms with Gasteiger partial charge in [0.05, 0.1) is 0 Å². The van der Waals surface area contributed by atoms with E-state index in [1.54, 1.807) is 0 Å². The van der Waals surface area contributed by atoms with Crippen molar-refractivity contribution in [3.05, 3.63) is 70.3 Å². The van der Waals surface area contributed by atoms with Crippen LogP contribution in [0.25, 0.3) is 5.57 Å². The van der Waals surface area contributed by atoms with Crippen LogP contribution in [0.1, 0.15) is 49.8 Å². The van der Waals surface area contributed by atoms with Gasteiger partial charge in [0, 0.05) is 0 Å². The summed E-state index contributed by atoms with van der Waals surface area (Å²) in [5.74, 6) is -1.51. The zero-order valence-corrected chi connectivity index (χ0v) is 14.9. The van der Waals surface area contributed by atoms with E-state index < -0.39 is 11.6 Å². The van der Waals surface area contributed by atoms with E-state index in [0.29, 0.717) is 12.0 Å². The summed E-state index contributed by atoms with van der Waals surface area (Å²) >= 11 is 0. The van der Waals surface area contributed by atoms with Gasteiger partial charge in [-0.2, -0.15) is 0 Å². The van der Waals surface area contributed by atoms with Crippen molar-refractivity contribution in [1.82, 2.24) is 0 Å². The second kappa shape index (κ2) is 7.81. The molecule has 0 atom stereocenters. The highest BCUT2D eigenvalue weighted by Gasteiger charge is 2.19. The summed E-state index contributed by atoms with van der Waals surface area (Å²) < 4.78 is 33.7. The van der Waals surface area contributed by atoms with Crippen LogP contribution in [0.2, 0.25) is 0 Å². The maximum absolute atomic E-state index is 14.1. The SMILES string of the molecule is CCc1ccc(C2=C(COc3c(F)cc(CC)cc3F)CCC2)cc1. The van der Waals surface area contributed by atoms with Crippen LogP contribution in [0.15, 0.2) is 42.0 Å². The molecule has 1 nitrogen and oxygen atoms in total. The molecule has 0 fully saturated rings. The molecule has 0 saturated heterocycles. The Kier molecular flexibility index (Phi) is 5.52. The summed E-state index contributed by atoms with van der Waals surface area (Å²) in [6, 6.07) is 11.3. The van der Waals surface area contributed by atoms with E-state index in [4.69, 9.17) is 4.74 Å². The van der Waals surface area contributed by atoms with Crippen molar-refractivity contribution in [2.75, 3.05) is 6.61 Å². The van der Waals surface area contributed by atoms with Crippen molar-refractivity contribution in [3.63, 3.8) is 0 Å². The number of hydrogen-bond donors (Lipinski definition) is 0. The molecule has 2 aromatic carbocycles. The lowest BCUT2D eigenvalue weighted by Crippen LogP contribution is -2.05. The summed E-state index contributed by atoms with van der Waals surface area (Å²) in [6.45, 7) is 4.24. The Labute approximate surface area is 148 Å². The van der Waals surface area contributed by atoms with Gasteiger partial charge in [-0.3, -0.25) is 0 Å². The second-order valence-corrected chi connectivity index (χ2v) is 6.52. The van der Waals surface area contributed by atoms with Crippen molar-refractivity contribution < 1.29 is 13.5 Å². The normalized spacial score (nSPS) is 14.2. The molecule has 0 radical (unpaired) electrons. The molecule has 0 amide bonds. The molecule has 0 saturated carbocycles. The van der Waals surface area contributed by atoms with Gasteiger partial charge >= 0.3 is 0 Å². The van der Waals surface area contributed by atoms with Crippen molar-refractivity contribution in [1.29, 1.82) is 0 Å². The molecule has 1 aliphatic rings. The molecule has 25 heavy (non-hydrogen) atoms. The van der Waals surface area contributed by atoms with Gasteiger partial charge in [-0.15, -0.1) is 0 Å². The zero-order valence-electron chi connectivity index (χ0n) is 14.9. The summed E-state index contributed by atoms with van der Waals surface area (Å²) in [4.78, 5) is 0. The molecule has 2 aromatic rings. The van der Waals surface area contributed by atoms with Gasteiger partial charge in [0.2, 0.25) is 0 Å². The van der Waals surface area contributed by atoms with Crippen LogP contribution in [0.3, 0.4) is 0 Å². The predicted molar refractivity (Wildman–Crippen MR) is 97.8 cm³/mol. The van der Waals surface area contributed by atoms with E-state index in [1.807, 2.05) is 6.92 Å².